The Hall–Kier alpha value is -1.42. The molecule has 0 unspecified atom stereocenters. The SMILES string of the molecule is Nc1nc2sccn2c1S(=O)(=O)NCc1cccs1. The fourth-order valence-corrected chi connectivity index (χ4v) is 4.42. The number of nitrogens with zero attached hydrogens (tertiary/aromatic N) is 2. The molecule has 0 saturated heterocycles. The van der Waals surface area contributed by atoms with Gasteiger partial charge in [-0.25, -0.2) is 18.1 Å². The van der Waals surface area contributed by atoms with Gasteiger partial charge < -0.3 is 5.73 Å². The third kappa shape index (κ3) is 2.25. The molecular formula is C10H10N4O2S3. The second-order valence-electron chi connectivity index (χ2n) is 3.76. The van der Waals surface area contributed by atoms with Crippen LogP contribution in [0.5, 0.6) is 0 Å². The standard InChI is InChI=1S/C10H10N4O2S3/c11-8-9(14-3-5-18-10(14)13-8)19(15,16)12-6-7-2-1-4-17-7/h1-5,12H,6,11H2. The van der Waals surface area contributed by atoms with Crippen LogP contribution in [-0.4, -0.2) is 17.8 Å². The second-order valence-corrected chi connectivity index (χ2v) is 7.35. The number of rotatable bonds is 4. The summed E-state index contributed by atoms with van der Waals surface area (Å²) in [6, 6.07) is 3.74. The Bertz CT molecular complexity index is 801. The molecular weight excluding hydrogens is 304 g/mol. The molecule has 0 aromatic carbocycles. The van der Waals surface area contributed by atoms with Crippen molar-refractivity contribution < 1.29 is 8.42 Å². The summed E-state index contributed by atoms with van der Waals surface area (Å²) in [5.74, 6) is 0.0190. The molecule has 0 aliphatic heterocycles. The minimum Gasteiger partial charge on any atom is -0.381 e. The van der Waals surface area contributed by atoms with Crippen molar-refractivity contribution in [1.82, 2.24) is 14.1 Å². The number of thiophene rings is 1. The molecule has 3 rings (SSSR count). The van der Waals surface area contributed by atoms with Gasteiger partial charge in [0.15, 0.2) is 15.8 Å². The van der Waals surface area contributed by atoms with Crippen LogP contribution in [0.4, 0.5) is 5.82 Å². The molecule has 0 atom stereocenters. The number of hydrogen-bond donors (Lipinski definition) is 2. The van der Waals surface area contributed by atoms with Crippen molar-refractivity contribution in [1.29, 1.82) is 0 Å². The van der Waals surface area contributed by atoms with Gasteiger partial charge >= 0.3 is 0 Å². The Labute approximate surface area is 117 Å². The number of aromatic nitrogens is 2. The van der Waals surface area contributed by atoms with E-state index in [2.05, 4.69) is 9.71 Å². The monoisotopic (exact) mass is 314 g/mol. The van der Waals surface area contributed by atoms with Gasteiger partial charge in [0.25, 0.3) is 10.0 Å². The van der Waals surface area contributed by atoms with Gasteiger partial charge in [0.1, 0.15) is 0 Å². The summed E-state index contributed by atoms with van der Waals surface area (Å²) < 4.78 is 28.6. The van der Waals surface area contributed by atoms with Gasteiger partial charge in [-0.05, 0) is 11.4 Å². The maximum Gasteiger partial charge on any atom is 0.260 e. The van der Waals surface area contributed by atoms with Gasteiger partial charge in [-0.15, -0.1) is 22.7 Å². The van der Waals surface area contributed by atoms with Crippen LogP contribution < -0.4 is 10.5 Å². The molecule has 6 nitrogen and oxygen atoms in total. The van der Waals surface area contributed by atoms with Crippen LogP contribution in [0.2, 0.25) is 0 Å². The summed E-state index contributed by atoms with van der Waals surface area (Å²) in [4.78, 5) is 5.53. The van der Waals surface area contributed by atoms with Crippen molar-refractivity contribution in [2.75, 3.05) is 5.73 Å². The maximum atomic E-state index is 12.3. The number of fused-ring (bicyclic) bond motifs is 1. The normalized spacial score (nSPS) is 12.2. The molecule has 0 fully saturated rings. The minimum atomic E-state index is -3.68. The van der Waals surface area contributed by atoms with Crippen LogP contribution in [0.3, 0.4) is 0 Å². The summed E-state index contributed by atoms with van der Waals surface area (Å²) in [6.07, 6.45) is 1.64. The Morgan fingerprint density at radius 2 is 2.21 bits per heavy atom. The third-order valence-corrected chi connectivity index (χ3v) is 5.59. The van der Waals surface area contributed by atoms with E-state index in [-0.39, 0.29) is 17.4 Å². The zero-order valence-corrected chi connectivity index (χ0v) is 12.1. The number of nitrogen functional groups attached to an aromatic ring is 1. The summed E-state index contributed by atoms with van der Waals surface area (Å²) in [5, 5.41) is 3.66. The molecule has 0 spiro atoms. The van der Waals surface area contributed by atoms with Gasteiger partial charge in [0.2, 0.25) is 0 Å². The van der Waals surface area contributed by atoms with E-state index in [1.54, 1.807) is 11.6 Å². The van der Waals surface area contributed by atoms with Crippen LogP contribution in [-0.2, 0) is 16.6 Å². The summed E-state index contributed by atoms with van der Waals surface area (Å²) in [5.41, 5.74) is 5.69. The number of thiazole rings is 1. The van der Waals surface area contributed by atoms with Crippen molar-refractivity contribution in [3.8, 4) is 0 Å². The zero-order valence-electron chi connectivity index (χ0n) is 9.61. The highest BCUT2D eigenvalue weighted by atomic mass is 32.2. The maximum absolute atomic E-state index is 12.3. The lowest BCUT2D eigenvalue weighted by Gasteiger charge is -2.05. The predicted molar refractivity (Wildman–Crippen MR) is 75.8 cm³/mol. The number of hydrogen-bond acceptors (Lipinski definition) is 6. The van der Waals surface area contributed by atoms with Crippen molar-refractivity contribution in [2.24, 2.45) is 0 Å². The van der Waals surface area contributed by atoms with E-state index < -0.39 is 10.0 Å². The molecule has 0 aliphatic rings. The van der Waals surface area contributed by atoms with E-state index in [4.69, 9.17) is 5.73 Å². The number of anilines is 1. The van der Waals surface area contributed by atoms with Crippen LogP contribution in [0.15, 0.2) is 34.1 Å². The lowest BCUT2D eigenvalue weighted by molar-refractivity contribution is 0.577. The molecule has 3 aromatic heterocycles. The van der Waals surface area contributed by atoms with Gasteiger partial charge in [-0.3, -0.25) is 4.40 Å². The molecule has 19 heavy (non-hydrogen) atoms. The van der Waals surface area contributed by atoms with Crippen LogP contribution >= 0.6 is 22.7 Å². The van der Waals surface area contributed by atoms with E-state index >= 15 is 0 Å². The lowest BCUT2D eigenvalue weighted by Crippen LogP contribution is -2.24. The van der Waals surface area contributed by atoms with Crippen molar-refractivity contribution in [2.45, 2.75) is 11.6 Å². The molecule has 3 aromatic rings. The molecule has 0 radical (unpaired) electrons. The van der Waals surface area contributed by atoms with E-state index in [9.17, 15) is 8.42 Å². The van der Waals surface area contributed by atoms with Crippen LogP contribution in [0.25, 0.3) is 4.96 Å². The van der Waals surface area contributed by atoms with Gasteiger partial charge in [0, 0.05) is 23.0 Å². The quantitative estimate of drug-likeness (QED) is 0.764. The first-order valence-electron chi connectivity index (χ1n) is 5.31. The number of sulfonamides is 1. The third-order valence-electron chi connectivity index (χ3n) is 2.51. The number of nitrogens with one attached hydrogen (secondary N) is 1. The smallest absolute Gasteiger partial charge is 0.260 e. The van der Waals surface area contributed by atoms with Crippen LogP contribution in [0.1, 0.15) is 4.88 Å². The van der Waals surface area contributed by atoms with E-state index in [1.807, 2.05) is 17.5 Å². The molecule has 0 bridgehead atoms. The first kappa shape index (κ1) is 12.6. The first-order chi connectivity index (χ1) is 9.08. The Morgan fingerprint density at radius 3 is 2.95 bits per heavy atom. The average molecular weight is 314 g/mol. The van der Waals surface area contributed by atoms with E-state index in [1.165, 1.54) is 27.1 Å². The minimum absolute atomic E-state index is 0.000283. The molecule has 9 heteroatoms. The fraction of sp³-hybridized carbons (Fsp3) is 0.100. The van der Waals surface area contributed by atoms with Crippen molar-refractivity contribution >= 4 is 43.5 Å². The Kier molecular flexibility index (Phi) is 3.05. The fourth-order valence-electron chi connectivity index (χ4n) is 1.70. The first-order valence-corrected chi connectivity index (χ1v) is 8.55. The van der Waals surface area contributed by atoms with E-state index in [0.717, 1.165) is 4.88 Å². The highest BCUT2D eigenvalue weighted by Crippen LogP contribution is 2.23. The summed E-state index contributed by atoms with van der Waals surface area (Å²) in [6.45, 7) is 0.247. The van der Waals surface area contributed by atoms with Crippen LogP contribution in [0, 0.1) is 0 Å². The molecule has 0 aliphatic carbocycles. The van der Waals surface area contributed by atoms with Gasteiger partial charge in [-0.1, -0.05) is 6.07 Å². The highest BCUT2D eigenvalue weighted by Gasteiger charge is 2.24. The molecule has 0 amide bonds. The molecule has 100 valence electrons. The number of imidazole rings is 1. The topological polar surface area (TPSA) is 89.5 Å². The van der Waals surface area contributed by atoms with Crippen molar-refractivity contribution in [3.05, 3.63) is 34.0 Å². The number of nitrogens with two attached hydrogens (primary N) is 1. The van der Waals surface area contributed by atoms with Crippen molar-refractivity contribution in [3.63, 3.8) is 0 Å². The zero-order chi connectivity index (χ0) is 13.5. The lowest BCUT2D eigenvalue weighted by atomic mass is 10.5. The highest BCUT2D eigenvalue weighted by molar-refractivity contribution is 7.89. The van der Waals surface area contributed by atoms with Gasteiger partial charge in [-0.2, -0.15) is 0 Å². The Morgan fingerprint density at radius 1 is 1.37 bits per heavy atom. The van der Waals surface area contributed by atoms with E-state index in [0.29, 0.717) is 4.96 Å². The second kappa shape index (κ2) is 4.60. The average Bonchev–Trinajstić information content (AvgIpc) is 3.01. The predicted octanol–water partition coefficient (Wildman–Crippen LogP) is 1.52. The largest absolute Gasteiger partial charge is 0.381 e. The van der Waals surface area contributed by atoms with Gasteiger partial charge in [0.05, 0.1) is 0 Å². The molecule has 3 heterocycles. The summed E-state index contributed by atoms with van der Waals surface area (Å²) >= 11 is 2.83. The summed E-state index contributed by atoms with van der Waals surface area (Å²) in [7, 11) is -3.68. The Balaban J connectivity index is 1.95. The molecule has 3 N–H and O–H groups in total. The molecule has 0 saturated carbocycles.